The first-order valence-electron chi connectivity index (χ1n) is 8.24. The molecule has 0 fully saturated rings. The number of halogens is 3. The molecule has 0 unspecified atom stereocenters. The molecule has 8 heteroatoms. The summed E-state index contributed by atoms with van der Waals surface area (Å²) in [4.78, 5) is 7.91. The van der Waals surface area contributed by atoms with E-state index in [2.05, 4.69) is 14.7 Å². The normalized spacial score (nSPS) is 11.3. The molecule has 0 aliphatic heterocycles. The predicted molar refractivity (Wildman–Crippen MR) is 96.3 cm³/mol. The third-order valence-electron chi connectivity index (χ3n) is 3.87. The lowest BCUT2D eigenvalue weighted by atomic mass is 10.1. The maximum Gasteiger partial charge on any atom is 0.312 e. The largest absolute Gasteiger partial charge is 0.496 e. The van der Waals surface area contributed by atoms with Gasteiger partial charge in [0.2, 0.25) is 5.88 Å². The van der Waals surface area contributed by atoms with Crippen molar-refractivity contribution in [2.75, 3.05) is 20.8 Å². The molecule has 0 spiro atoms. The van der Waals surface area contributed by atoms with Crippen molar-refractivity contribution in [3.05, 3.63) is 66.4 Å². The number of hydrogen-bond donors (Lipinski definition) is 0. The van der Waals surface area contributed by atoms with E-state index >= 15 is 0 Å². The Bertz CT molecular complexity index is 950. The molecule has 0 aliphatic carbocycles. The maximum atomic E-state index is 13.8. The van der Waals surface area contributed by atoms with Crippen LogP contribution in [-0.2, 0) is 10.7 Å². The first kappa shape index (κ1) is 19.6. The molecular weight excluding hydrogens is 373 g/mol. The zero-order chi connectivity index (χ0) is 20.1. The highest BCUT2D eigenvalue weighted by molar-refractivity contribution is 5.74. The van der Waals surface area contributed by atoms with E-state index in [1.165, 1.54) is 50.9 Å². The van der Waals surface area contributed by atoms with Crippen LogP contribution in [0.15, 0.2) is 54.9 Å². The standard InChI is InChI=1S/C20H17F3N2O3/c1-26-12-20(22,23)18-8-6-14(11-25-18)28-19-15(4-3-9-24-19)16-10-13(21)5-7-17(16)27-2/h3-11H,12H2,1-2H3. The zero-order valence-corrected chi connectivity index (χ0v) is 15.2. The molecular formula is C20H17F3N2O3. The van der Waals surface area contributed by atoms with Crippen molar-refractivity contribution in [2.24, 2.45) is 0 Å². The summed E-state index contributed by atoms with van der Waals surface area (Å²) in [5, 5.41) is 0. The topological polar surface area (TPSA) is 53.5 Å². The van der Waals surface area contributed by atoms with Gasteiger partial charge in [-0.2, -0.15) is 8.78 Å². The van der Waals surface area contributed by atoms with Crippen LogP contribution in [0.25, 0.3) is 11.1 Å². The summed E-state index contributed by atoms with van der Waals surface area (Å²) in [5.74, 6) is -2.86. The van der Waals surface area contributed by atoms with Crippen molar-refractivity contribution in [3.63, 3.8) is 0 Å². The molecule has 0 saturated heterocycles. The van der Waals surface area contributed by atoms with Crippen LogP contribution < -0.4 is 9.47 Å². The van der Waals surface area contributed by atoms with Gasteiger partial charge in [0, 0.05) is 24.4 Å². The fraction of sp³-hybridized carbons (Fsp3) is 0.200. The lowest BCUT2D eigenvalue weighted by Gasteiger charge is -2.15. The van der Waals surface area contributed by atoms with Gasteiger partial charge in [-0.1, -0.05) is 0 Å². The van der Waals surface area contributed by atoms with Gasteiger partial charge in [0.1, 0.15) is 29.6 Å². The molecule has 1 aromatic carbocycles. The molecule has 0 aliphatic rings. The average Bonchev–Trinajstić information content (AvgIpc) is 2.69. The molecule has 5 nitrogen and oxygen atoms in total. The molecule has 0 atom stereocenters. The third-order valence-corrected chi connectivity index (χ3v) is 3.87. The summed E-state index contributed by atoms with van der Waals surface area (Å²) in [7, 11) is 2.66. The number of methoxy groups -OCH3 is 2. The van der Waals surface area contributed by atoms with Crippen LogP contribution in [-0.4, -0.2) is 30.8 Å². The number of hydrogen-bond acceptors (Lipinski definition) is 5. The van der Waals surface area contributed by atoms with Crippen LogP contribution in [0.4, 0.5) is 13.2 Å². The van der Waals surface area contributed by atoms with Gasteiger partial charge in [0.05, 0.1) is 13.3 Å². The summed E-state index contributed by atoms with van der Waals surface area (Å²) in [5.41, 5.74) is 0.490. The van der Waals surface area contributed by atoms with E-state index in [0.29, 0.717) is 16.9 Å². The highest BCUT2D eigenvalue weighted by Crippen LogP contribution is 2.37. The second-order valence-corrected chi connectivity index (χ2v) is 5.82. The van der Waals surface area contributed by atoms with Gasteiger partial charge in [-0.25, -0.2) is 9.37 Å². The Morgan fingerprint density at radius 3 is 2.50 bits per heavy atom. The molecule has 0 N–H and O–H groups in total. The van der Waals surface area contributed by atoms with Crippen LogP contribution in [0.2, 0.25) is 0 Å². The molecule has 3 aromatic rings. The van der Waals surface area contributed by atoms with Gasteiger partial charge < -0.3 is 14.2 Å². The number of nitrogens with zero attached hydrogens (tertiary/aromatic N) is 2. The minimum atomic E-state index is -3.21. The Labute approximate surface area is 159 Å². The number of ether oxygens (including phenoxy) is 3. The number of pyridine rings is 2. The lowest BCUT2D eigenvalue weighted by molar-refractivity contribution is -0.0731. The minimum Gasteiger partial charge on any atom is -0.496 e. The first-order valence-corrected chi connectivity index (χ1v) is 8.24. The van der Waals surface area contributed by atoms with Crippen LogP contribution in [0.5, 0.6) is 17.4 Å². The van der Waals surface area contributed by atoms with Crippen LogP contribution >= 0.6 is 0 Å². The van der Waals surface area contributed by atoms with Crippen molar-refractivity contribution in [1.29, 1.82) is 0 Å². The van der Waals surface area contributed by atoms with Crippen molar-refractivity contribution >= 4 is 0 Å². The molecule has 0 amide bonds. The maximum absolute atomic E-state index is 13.8. The van der Waals surface area contributed by atoms with Gasteiger partial charge in [0.15, 0.2) is 0 Å². The number of aromatic nitrogens is 2. The van der Waals surface area contributed by atoms with Gasteiger partial charge >= 0.3 is 5.92 Å². The second-order valence-electron chi connectivity index (χ2n) is 5.82. The average molecular weight is 390 g/mol. The smallest absolute Gasteiger partial charge is 0.312 e. The number of rotatable bonds is 7. The quantitative estimate of drug-likeness (QED) is 0.579. The molecule has 146 valence electrons. The summed E-state index contributed by atoms with van der Waals surface area (Å²) in [6, 6.07) is 9.94. The minimum absolute atomic E-state index is 0.157. The Morgan fingerprint density at radius 1 is 1.00 bits per heavy atom. The van der Waals surface area contributed by atoms with E-state index in [-0.39, 0.29) is 11.6 Å². The molecule has 0 bridgehead atoms. The van der Waals surface area contributed by atoms with Crippen LogP contribution in [0.3, 0.4) is 0 Å². The Hall–Kier alpha value is -3.13. The molecule has 28 heavy (non-hydrogen) atoms. The first-order chi connectivity index (χ1) is 13.4. The van der Waals surface area contributed by atoms with Gasteiger partial charge in [-0.15, -0.1) is 0 Å². The van der Waals surface area contributed by atoms with Gasteiger partial charge in [0.25, 0.3) is 0 Å². The van der Waals surface area contributed by atoms with E-state index in [9.17, 15) is 13.2 Å². The third kappa shape index (κ3) is 4.23. The molecule has 0 radical (unpaired) electrons. The summed E-state index contributed by atoms with van der Waals surface area (Å²) in [6.45, 7) is -0.774. The fourth-order valence-corrected chi connectivity index (χ4v) is 2.59. The van der Waals surface area contributed by atoms with Gasteiger partial charge in [-0.05, 0) is 42.5 Å². The summed E-state index contributed by atoms with van der Waals surface area (Å²) < 4.78 is 56.9. The monoisotopic (exact) mass is 390 g/mol. The van der Waals surface area contributed by atoms with E-state index in [0.717, 1.165) is 6.07 Å². The fourth-order valence-electron chi connectivity index (χ4n) is 2.59. The van der Waals surface area contributed by atoms with E-state index in [1.807, 2.05) is 0 Å². The van der Waals surface area contributed by atoms with E-state index in [1.54, 1.807) is 12.1 Å². The predicted octanol–water partition coefficient (Wildman–Crippen LogP) is 4.82. The Morgan fingerprint density at radius 2 is 1.82 bits per heavy atom. The van der Waals surface area contributed by atoms with Crippen molar-refractivity contribution < 1.29 is 27.4 Å². The molecule has 3 rings (SSSR count). The molecule has 2 aromatic heterocycles. The zero-order valence-electron chi connectivity index (χ0n) is 15.2. The number of alkyl halides is 2. The van der Waals surface area contributed by atoms with E-state index < -0.39 is 24.0 Å². The lowest BCUT2D eigenvalue weighted by Crippen LogP contribution is -2.21. The SMILES string of the molecule is COCC(F)(F)c1ccc(Oc2ncccc2-c2cc(F)ccc2OC)cn1. The van der Waals surface area contributed by atoms with Gasteiger partial charge in [-0.3, -0.25) is 4.98 Å². The van der Waals surface area contributed by atoms with E-state index in [4.69, 9.17) is 9.47 Å². The second kappa shape index (κ2) is 8.26. The summed E-state index contributed by atoms with van der Waals surface area (Å²) >= 11 is 0. The Balaban J connectivity index is 1.92. The summed E-state index contributed by atoms with van der Waals surface area (Å²) in [6.07, 6.45) is 2.67. The Kier molecular flexibility index (Phi) is 5.79. The van der Waals surface area contributed by atoms with Crippen molar-refractivity contribution in [2.45, 2.75) is 5.92 Å². The van der Waals surface area contributed by atoms with Crippen LogP contribution in [0, 0.1) is 5.82 Å². The molecule has 2 heterocycles. The number of benzene rings is 1. The molecule has 0 saturated carbocycles. The highest BCUT2D eigenvalue weighted by atomic mass is 19.3. The highest BCUT2D eigenvalue weighted by Gasteiger charge is 2.33. The van der Waals surface area contributed by atoms with Crippen molar-refractivity contribution in [1.82, 2.24) is 9.97 Å². The van der Waals surface area contributed by atoms with Crippen LogP contribution in [0.1, 0.15) is 5.69 Å². The van der Waals surface area contributed by atoms with Crippen molar-refractivity contribution in [3.8, 4) is 28.5 Å².